The molecular formula is C9H25NO4. The maximum Gasteiger partial charge on any atom is 0.302 e. The van der Waals surface area contributed by atoms with E-state index in [-0.39, 0.29) is 24.8 Å². The van der Waals surface area contributed by atoms with Crippen LogP contribution < -0.4 is 6.15 Å². The smallest absolute Gasteiger partial charge is 0.302 e. The van der Waals surface area contributed by atoms with Crippen LogP contribution in [0, 0.1) is 0 Å². The van der Waals surface area contributed by atoms with E-state index in [1.807, 2.05) is 0 Å². The summed E-state index contributed by atoms with van der Waals surface area (Å²) < 4.78 is 4.40. The number of carbonyl (C=O) groups is 1. The summed E-state index contributed by atoms with van der Waals surface area (Å²) in [6.45, 7) is 9.03. The first-order valence-corrected chi connectivity index (χ1v) is 4.34. The van der Waals surface area contributed by atoms with Crippen molar-refractivity contribution in [3.63, 3.8) is 0 Å². The molecule has 14 heavy (non-hydrogen) atoms. The van der Waals surface area contributed by atoms with Gasteiger partial charge >= 0.3 is 5.97 Å². The van der Waals surface area contributed by atoms with Crippen molar-refractivity contribution in [2.45, 2.75) is 40.7 Å². The monoisotopic (exact) mass is 211 g/mol. The van der Waals surface area contributed by atoms with Crippen LogP contribution in [0.25, 0.3) is 0 Å². The first-order chi connectivity index (χ1) is 5.92. The van der Waals surface area contributed by atoms with Crippen molar-refractivity contribution in [3.05, 3.63) is 0 Å². The molecule has 0 aromatic carbocycles. The van der Waals surface area contributed by atoms with E-state index in [1.165, 1.54) is 6.92 Å². The Morgan fingerprint density at radius 2 is 1.57 bits per heavy atom. The third-order valence-electron chi connectivity index (χ3n) is 0.348. The fourth-order valence-electron chi connectivity index (χ4n) is 0.203. The predicted octanol–water partition coefficient (Wildman–Crippen LogP) is 1.12. The zero-order valence-electron chi connectivity index (χ0n) is 9.91. The van der Waals surface area contributed by atoms with Crippen LogP contribution in [0.3, 0.4) is 0 Å². The number of esters is 1. The van der Waals surface area contributed by atoms with Crippen LogP contribution >= 0.6 is 0 Å². The molecule has 0 amide bonds. The fourth-order valence-corrected chi connectivity index (χ4v) is 0.203. The Labute approximate surface area is 86.7 Å². The van der Waals surface area contributed by atoms with Crippen molar-refractivity contribution in [1.29, 1.82) is 0 Å². The van der Waals surface area contributed by atoms with Gasteiger partial charge in [0.05, 0.1) is 6.61 Å². The third kappa shape index (κ3) is 220. The molecule has 0 rings (SSSR count). The minimum absolute atomic E-state index is 0. The highest BCUT2D eigenvalue weighted by molar-refractivity contribution is 5.65. The maximum atomic E-state index is 9.82. The van der Waals surface area contributed by atoms with Crippen LogP contribution in [-0.4, -0.2) is 35.5 Å². The molecule has 0 heterocycles. The quantitative estimate of drug-likeness (QED) is 0.564. The number of carbonyl (C=O) groups excluding carboxylic acids is 1. The zero-order chi connectivity index (χ0) is 11.3. The van der Waals surface area contributed by atoms with E-state index in [0.29, 0.717) is 6.61 Å². The normalized spacial score (nSPS) is 7.14. The molecule has 0 unspecified atom stereocenters. The predicted molar refractivity (Wildman–Crippen MR) is 57.4 cm³/mol. The van der Waals surface area contributed by atoms with E-state index in [4.69, 9.17) is 10.2 Å². The van der Waals surface area contributed by atoms with Crippen LogP contribution in [0.2, 0.25) is 0 Å². The molecule has 0 saturated heterocycles. The highest BCUT2D eigenvalue weighted by Gasteiger charge is 1.81. The second kappa shape index (κ2) is 22.8. The standard InChI is InChI=1S/C4H8O2.C3H8O.C2H6O.H3N/c1-3-6-4(2)5;1-3(2)4;1-2-3;/h3H2,1-2H3;3-4H,1-2H3;3H,2H2,1H3;1H3. The lowest BCUT2D eigenvalue weighted by Gasteiger charge is -1.89. The van der Waals surface area contributed by atoms with E-state index < -0.39 is 0 Å². The molecule has 0 spiro atoms. The van der Waals surface area contributed by atoms with Gasteiger partial charge in [-0.1, -0.05) is 0 Å². The molecule has 0 aliphatic rings. The molecule has 5 nitrogen and oxygen atoms in total. The van der Waals surface area contributed by atoms with E-state index in [2.05, 4.69) is 4.74 Å². The van der Waals surface area contributed by atoms with Gasteiger partial charge in [0, 0.05) is 19.6 Å². The number of rotatable bonds is 1. The highest BCUT2D eigenvalue weighted by Crippen LogP contribution is 1.69. The molecule has 90 valence electrons. The Balaban J connectivity index is -0.0000000553. The second-order valence-corrected chi connectivity index (χ2v) is 2.33. The highest BCUT2D eigenvalue weighted by atomic mass is 16.5. The molecule has 0 saturated carbocycles. The van der Waals surface area contributed by atoms with Gasteiger partial charge in [0.2, 0.25) is 0 Å². The van der Waals surface area contributed by atoms with Gasteiger partial charge in [-0.3, -0.25) is 4.79 Å². The lowest BCUT2D eigenvalue weighted by molar-refractivity contribution is -0.140. The van der Waals surface area contributed by atoms with Crippen LogP contribution in [0.1, 0.15) is 34.6 Å². The van der Waals surface area contributed by atoms with E-state index in [0.717, 1.165) is 0 Å². The van der Waals surface area contributed by atoms with Crippen molar-refractivity contribution >= 4 is 5.97 Å². The molecule has 0 aliphatic heterocycles. The van der Waals surface area contributed by atoms with E-state index in [1.54, 1.807) is 27.7 Å². The van der Waals surface area contributed by atoms with Gasteiger partial charge in [-0.25, -0.2) is 0 Å². The molecular weight excluding hydrogens is 186 g/mol. The Bertz CT molecular complexity index is 94.1. The molecule has 0 aliphatic carbocycles. The summed E-state index contributed by atoms with van der Waals surface area (Å²) in [5.41, 5.74) is 0. The number of ether oxygens (including phenoxy) is 1. The molecule has 0 radical (unpaired) electrons. The molecule has 0 aromatic rings. The number of aliphatic hydroxyl groups excluding tert-OH is 2. The summed E-state index contributed by atoms with van der Waals surface area (Å²) in [6, 6.07) is 0. The second-order valence-electron chi connectivity index (χ2n) is 2.33. The van der Waals surface area contributed by atoms with Gasteiger partial charge < -0.3 is 21.1 Å². The van der Waals surface area contributed by atoms with E-state index >= 15 is 0 Å². The summed E-state index contributed by atoms with van der Waals surface area (Å²) in [5, 5.41) is 15.6. The molecule has 0 aromatic heterocycles. The van der Waals surface area contributed by atoms with Crippen molar-refractivity contribution in [2.24, 2.45) is 0 Å². The topological polar surface area (TPSA) is 102 Å². The van der Waals surface area contributed by atoms with Gasteiger partial charge in [0.15, 0.2) is 0 Å². The van der Waals surface area contributed by atoms with Gasteiger partial charge in [-0.2, -0.15) is 0 Å². The van der Waals surface area contributed by atoms with Crippen molar-refractivity contribution in [2.75, 3.05) is 13.2 Å². The summed E-state index contributed by atoms with van der Waals surface area (Å²) in [7, 11) is 0. The average Bonchev–Trinajstić information content (AvgIpc) is 1.86. The third-order valence-corrected chi connectivity index (χ3v) is 0.348. The number of hydrogen-bond acceptors (Lipinski definition) is 5. The lowest BCUT2D eigenvalue weighted by atomic mass is 10.5. The van der Waals surface area contributed by atoms with E-state index in [9.17, 15) is 4.79 Å². The van der Waals surface area contributed by atoms with Crippen molar-refractivity contribution < 1.29 is 19.7 Å². The largest absolute Gasteiger partial charge is 0.466 e. The summed E-state index contributed by atoms with van der Waals surface area (Å²) in [4.78, 5) is 9.82. The van der Waals surface area contributed by atoms with Gasteiger partial charge in [0.1, 0.15) is 0 Å². The summed E-state index contributed by atoms with van der Waals surface area (Å²) >= 11 is 0. The molecule has 0 bridgehead atoms. The van der Waals surface area contributed by atoms with Crippen molar-refractivity contribution in [3.8, 4) is 0 Å². The summed E-state index contributed by atoms with van der Waals surface area (Å²) in [5.74, 6) is -0.211. The molecule has 0 atom stereocenters. The summed E-state index contributed by atoms with van der Waals surface area (Å²) in [6.07, 6.45) is -0.167. The van der Waals surface area contributed by atoms with Gasteiger partial charge in [0.25, 0.3) is 0 Å². The van der Waals surface area contributed by atoms with Gasteiger partial charge in [-0.05, 0) is 27.7 Å². The SMILES string of the molecule is CC(C)O.CCO.CCOC(C)=O.N. The average molecular weight is 211 g/mol. The zero-order valence-corrected chi connectivity index (χ0v) is 9.91. The van der Waals surface area contributed by atoms with Crippen LogP contribution in [0.15, 0.2) is 0 Å². The molecule has 5 heteroatoms. The van der Waals surface area contributed by atoms with Crippen LogP contribution in [0.4, 0.5) is 0 Å². The number of hydrogen-bond donors (Lipinski definition) is 3. The Morgan fingerprint density at radius 3 is 1.57 bits per heavy atom. The Kier molecular flexibility index (Phi) is 38.0. The first-order valence-electron chi connectivity index (χ1n) is 4.34. The number of aliphatic hydroxyl groups is 2. The lowest BCUT2D eigenvalue weighted by Crippen LogP contribution is -1.95. The molecule has 5 N–H and O–H groups in total. The molecule has 0 fully saturated rings. The van der Waals surface area contributed by atoms with Gasteiger partial charge in [-0.15, -0.1) is 0 Å². The van der Waals surface area contributed by atoms with Crippen LogP contribution in [-0.2, 0) is 9.53 Å². The first kappa shape index (κ1) is 23.3. The minimum Gasteiger partial charge on any atom is -0.466 e. The Morgan fingerprint density at radius 1 is 1.36 bits per heavy atom. The Hall–Kier alpha value is -0.650. The van der Waals surface area contributed by atoms with Crippen molar-refractivity contribution in [1.82, 2.24) is 6.15 Å². The van der Waals surface area contributed by atoms with Crippen LogP contribution in [0.5, 0.6) is 0 Å². The fraction of sp³-hybridized carbons (Fsp3) is 0.889. The minimum atomic E-state index is -0.211. The maximum absolute atomic E-state index is 9.82.